The Morgan fingerprint density at radius 1 is 1.14 bits per heavy atom. The van der Waals surface area contributed by atoms with Crippen LogP contribution in [-0.2, 0) is 21.5 Å². The largest absolute Gasteiger partial charge is 0.483 e. The van der Waals surface area contributed by atoms with Gasteiger partial charge in [-0.05, 0) is 76.5 Å². The van der Waals surface area contributed by atoms with Crippen LogP contribution in [0.4, 0.5) is 0 Å². The monoisotopic (exact) mass is 582 g/mol. The highest BCUT2D eigenvalue weighted by molar-refractivity contribution is 9.10. The molecule has 0 aromatic heterocycles. The van der Waals surface area contributed by atoms with Gasteiger partial charge in [-0.15, -0.1) is 0 Å². The zero-order chi connectivity index (χ0) is 25.8. The number of hydrogen-bond acceptors (Lipinski definition) is 3. The Bertz CT molecular complexity index is 1060. The van der Waals surface area contributed by atoms with Gasteiger partial charge in [-0.3, -0.25) is 9.59 Å². The van der Waals surface area contributed by atoms with Crippen LogP contribution in [0.2, 0.25) is 10.0 Å². The molecule has 0 aliphatic heterocycles. The van der Waals surface area contributed by atoms with Crippen LogP contribution < -0.4 is 10.1 Å². The summed E-state index contributed by atoms with van der Waals surface area (Å²) in [5.41, 5.74) is 1.85. The first-order chi connectivity index (χ1) is 16.5. The van der Waals surface area contributed by atoms with E-state index in [4.69, 9.17) is 27.9 Å². The van der Waals surface area contributed by atoms with Crippen LogP contribution in [0.1, 0.15) is 64.5 Å². The minimum Gasteiger partial charge on any atom is -0.483 e. The van der Waals surface area contributed by atoms with E-state index in [0.717, 1.165) is 35.7 Å². The second-order valence-electron chi connectivity index (χ2n) is 10.1. The molecule has 3 rings (SSSR count). The Morgan fingerprint density at radius 2 is 1.83 bits per heavy atom. The van der Waals surface area contributed by atoms with Gasteiger partial charge in [0.1, 0.15) is 11.8 Å². The van der Waals surface area contributed by atoms with Crippen LogP contribution in [0, 0.1) is 0 Å². The molecule has 0 unspecified atom stereocenters. The summed E-state index contributed by atoms with van der Waals surface area (Å²) in [5.74, 6) is 0.0850. The number of nitrogens with zero attached hydrogens (tertiary/aromatic N) is 1. The quantitative estimate of drug-likeness (QED) is 0.367. The lowest BCUT2D eigenvalue weighted by Crippen LogP contribution is -2.50. The summed E-state index contributed by atoms with van der Waals surface area (Å²) in [6.07, 6.45) is 4.16. The summed E-state index contributed by atoms with van der Waals surface area (Å²) in [7, 11) is 0. The van der Waals surface area contributed by atoms with E-state index in [-0.39, 0.29) is 36.4 Å². The molecule has 8 heteroatoms. The van der Waals surface area contributed by atoms with Crippen LogP contribution >= 0.6 is 39.1 Å². The molecule has 2 amide bonds. The normalized spacial score (nSPS) is 15.1. The smallest absolute Gasteiger partial charge is 0.261 e. The Labute approximate surface area is 226 Å². The maximum absolute atomic E-state index is 13.4. The van der Waals surface area contributed by atoms with Crippen molar-refractivity contribution in [1.29, 1.82) is 0 Å². The Hall–Kier alpha value is -1.76. The van der Waals surface area contributed by atoms with Crippen molar-refractivity contribution in [1.82, 2.24) is 10.2 Å². The van der Waals surface area contributed by atoms with Crippen molar-refractivity contribution >= 4 is 50.9 Å². The van der Waals surface area contributed by atoms with Gasteiger partial charge in [-0.25, -0.2) is 0 Å². The van der Waals surface area contributed by atoms with E-state index >= 15 is 0 Å². The summed E-state index contributed by atoms with van der Waals surface area (Å²) in [6.45, 7) is 8.10. The van der Waals surface area contributed by atoms with Gasteiger partial charge in [-0.2, -0.15) is 0 Å². The number of nitrogens with one attached hydrogen (secondary N) is 1. The predicted molar refractivity (Wildman–Crippen MR) is 145 cm³/mol. The molecule has 5 nitrogen and oxygen atoms in total. The lowest BCUT2D eigenvalue weighted by Gasteiger charge is -2.30. The number of ether oxygens (including phenoxy) is 1. The topological polar surface area (TPSA) is 58.6 Å². The molecule has 1 saturated carbocycles. The molecular formula is C27H33BrCl2N2O3. The molecule has 2 aromatic rings. The molecule has 1 atom stereocenters. The van der Waals surface area contributed by atoms with Crippen LogP contribution in [0.25, 0.3) is 0 Å². The van der Waals surface area contributed by atoms with Gasteiger partial charge in [0, 0.05) is 22.6 Å². The van der Waals surface area contributed by atoms with E-state index in [2.05, 4.69) is 42.0 Å². The standard InChI is InChI=1S/C27H33BrCl2N2O3/c1-17(26(34)31-21-7-5-6-8-21)32(15-18-9-11-20(29)14-23(18)30)25(33)16-35-24-12-10-19(13-22(24)28)27(2,3)4/h9-14,17,21H,5-8,15-16H2,1-4H3,(H,31,34)/t17-/m0/s1. The second-order valence-corrected chi connectivity index (χ2v) is 11.8. The maximum atomic E-state index is 13.4. The Kier molecular flexibility index (Phi) is 9.53. The average molecular weight is 584 g/mol. The fraction of sp³-hybridized carbons (Fsp3) is 0.481. The van der Waals surface area contributed by atoms with Crippen molar-refractivity contribution in [2.75, 3.05) is 6.61 Å². The van der Waals surface area contributed by atoms with E-state index in [0.29, 0.717) is 21.4 Å². The lowest BCUT2D eigenvalue weighted by atomic mass is 9.87. The van der Waals surface area contributed by atoms with Crippen molar-refractivity contribution in [2.24, 2.45) is 0 Å². The molecule has 2 aromatic carbocycles. The number of carbonyl (C=O) groups excluding carboxylic acids is 2. The number of halogens is 3. The third-order valence-electron chi connectivity index (χ3n) is 6.37. The number of carbonyl (C=O) groups is 2. The summed E-state index contributed by atoms with van der Waals surface area (Å²) >= 11 is 16.0. The number of rotatable bonds is 8. The summed E-state index contributed by atoms with van der Waals surface area (Å²) in [5, 5.41) is 4.05. The summed E-state index contributed by atoms with van der Waals surface area (Å²) in [6, 6.07) is 10.5. The number of amides is 2. The molecule has 0 bridgehead atoms. The van der Waals surface area contributed by atoms with E-state index in [1.807, 2.05) is 18.2 Å². The Balaban J connectivity index is 1.76. The van der Waals surface area contributed by atoms with E-state index < -0.39 is 6.04 Å². The molecule has 1 fully saturated rings. The third-order valence-corrected chi connectivity index (χ3v) is 7.58. The third kappa shape index (κ3) is 7.61. The van der Waals surface area contributed by atoms with Crippen molar-refractivity contribution in [3.05, 3.63) is 62.0 Å². The fourth-order valence-corrected chi connectivity index (χ4v) is 5.08. The van der Waals surface area contributed by atoms with Gasteiger partial charge in [0.25, 0.3) is 5.91 Å². The van der Waals surface area contributed by atoms with Gasteiger partial charge in [0.05, 0.1) is 4.47 Å². The first kappa shape index (κ1) is 27.8. The summed E-state index contributed by atoms with van der Waals surface area (Å²) < 4.78 is 6.65. The summed E-state index contributed by atoms with van der Waals surface area (Å²) in [4.78, 5) is 27.9. The van der Waals surface area contributed by atoms with Gasteiger partial charge < -0.3 is 15.0 Å². The number of benzene rings is 2. The molecule has 0 radical (unpaired) electrons. The van der Waals surface area contributed by atoms with Crippen molar-refractivity contribution in [3.63, 3.8) is 0 Å². The molecule has 0 heterocycles. The molecule has 1 N–H and O–H groups in total. The minimum absolute atomic E-state index is 0.00632. The number of hydrogen-bond donors (Lipinski definition) is 1. The van der Waals surface area contributed by atoms with Crippen LogP contribution in [0.15, 0.2) is 40.9 Å². The minimum atomic E-state index is -0.690. The van der Waals surface area contributed by atoms with Crippen LogP contribution in [-0.4, -0.2) is 35.4 Å². The Morgan fingerprint density at radius 3 is 2.43 bits per heavy atom. The van der Waals surface area contributed by atoms with Crippen LogP contribution in [0.3, 0.4) is 0 Å². The highest BCUT2D eigenvalue weighted by Crippen LogP contribution is 2.32. The molecule has 0 spiro atoms. The molecule has 0 saturated heterocycles. The molecule has 190 valence electrons. The zero-order valence-electron chi connectivity index (χ0n) is 20.7. The lowest BCUT2D eigenvalue weighted by molar-refractivity contribution is -0.142. The van der Waals surface area contributed by atoms with Gasteiger partial charge >= 0.3 is 0 Å². The first-order valence-corrected chi connectivity index (χ1v) is 13.5. The van der Waals surface area contributed by atoms with E-state index in [1.54, 1.807) is 25.1 Å². The highest BCUT2D eigenvalue weighted by Gasteiger charge is 2.29. The second kappa shape index (κ2) is 12.0. The molecule has 35 heavy (non-hydrogen) atoms. The predicted octanol–water partition coefficient (Wildman–Crippen LogP) is 6.91. The highest BCUT2D eigenvalue weighted by atomic mass is 79.9. The zero-order valence-corrected chi connectivity index (χ0v) is 23.8. The van der Waals surface area contributed by atoms with Crippen molar-refractivity contribution in [3.8, 4) is 5.75 Å². The SMILES string of the molecule is C[C@@H](C(=O)NC1CCCC1)N(Cc1ccc(Cl)cc1Cl)C(=O)COc1ccc(C(C)(C)C)cc1Br. The molecule has 1 aliphatic rings. The van der Waals surface area contributed by atoms with Gasteiger partial charge in [0.15, 0.2) is 6.61 Å². The van der Waals surface area contributed by atoms with E-state index in [1.165, 1.54) is 4.90 Å². The first-order valence-electron chi connectivity index (χ1n) is 11.9. The van der Waals surface area contributed by atoms with Crippen LogP contribution in [0.5, 0.6) is 5.75 Å². The van der Waals surface area contributed by atoms with Crippen molar-refractivity contribution in [2.45, 2.75) is 77.4 Å². The molecule has 1 aliphatic carbocycles. The van der Waals surface area contributed by atoms with Gasteiger partial charge in [-0.1, -0.05) is 68.9 Å². The van der Waals surface area contributed by atoms with Crippen molar-refractivity contribution < 1.29 is 14.3 Å². The fourth-order valence-electron chi connectivity index (χ4n) is 4.11. The van der Waals surface area contributed by atoms with E-state index in [9.17, 15) is 9.59 Å². The molecular weight excluding hydrogens is 551 g/mol. The average Bonchev–Trinajstić information content (AvgIpc) is 3.29. The maximum Gasteiger partial charge on any atom is 0.261 e. The van der Waals surface area contributed by atoms with Gasteiger partial charge in [0.2, 0.25) is 5.91 Å².